The summed E-state index contributed by atoms with van der Waals surface area (Å²) in [5, 5.41) is 0. The van der Waals surface area contributed by atoms with E-state index in [0.29, 0.717) is 0 Å². The average Bonchev–Trinajstić information content (AvgIpc) is 1.82. The molecule has 14 heavy (non-hydrogen) atoms. The van der Waals surface area contributed by atoms with E-state index in [1.165, 1.54) is 0 Å². The topological polar surface area (TPSA) is 6.48 Å². The minimum Gasteiger partial charge on any atom is -1.00 e. The van der Waals surface area contributed by atoms with Gasteiger partial charge in [-0.15, -0.1) is 0 Å². The molecule has 0 atom stereocenters. The Morgan fingerprint density at radius 2 is 0.929 bits per heavy atom. The van der Waals surface area contributed by atoms with Gasteiger partial charge in [-0.3, -0.25) is 8.80 Å². The van der Waals surface area contributed by atoms with Crippen LogP contribution in [0.25, 0.3) is 0 Å². The predicted octanol–water partition coefficient (Wildman–Crippen LogP) is -1.90. The molecule has 0 saturated heterocycles. The van der Waals surface area contributed by atoms with Crippen molar-refractivity contribution in [2.24, 2.45) is 0 Å². The molecule has 0 rings (SSSR count). The van der Waals surface area contributed by atoms with Crippen molar-refractivity contribution >= 4 is 31.8 Å². The van der Waals surface area contributed by atoms with Crippen LogP contribution in [0.2, 0.25) is 19.6 Å². The molecule has 0 aromatic heterocycles. The van der Waals surface area contributed by atoms with Crippen molar-refractivity contribution in [1.29, 1.82) is 0 Å². The number of hydrogen-bond donors (Lipinski definition) is 0. The standard InChI is InChI=1S/C6H16N2.C3H9Si.BrH.Mg/c1-7(2)5-6-8(3)4;1-4(2)3;;/h5-6H2,1-4H3;1-3H3;1H;/q;-1;;+2/p-1. The number of rotatable bonds is 3. The van der Waals surface area contributed by atoms with Crippen LogP contribution in [0, 0.1) is 0 Å². The van der Waals surface area contributed by atoms with Gasteiger partial charge < -0.3 is 26.8 Å². The molecule has 0 aliphatic carbocycles. The smallest absolute Gasteiger partial charge is 1.00 e. The summed E-state index contributed by atoms with van der Waals surface area (Å²) in [5.41, 5.74) is 0. The van der Waals surface area contributed by atoms with Crippen LogP contribution in [0.4, 0.5) is 0 Å². The van der Waals surface area contributed by atoms with Gasteiger partial charge in [0.05, 0.1) is 0 Å². The molecule has 0 amide bonds. The molecule has 0 saturated carbocycles. The van der Waals surface area contributed by atoms with Gasteiger partial charge >= 0.3 is 23.1 Å². The fraction of sp³-hybridized carbons (Fsp3) is 1.00. The molecule has 0 heterocycles. The van der Waals surface area contributed by atoms with Crippen molar-refractivity contribution in [2.45, 2.75) is 19.6 Å². The van der Waals surface area contributed by atoms with Gasteiger partial charge in [-0.25, -0.2) is 0 Å². The summed E-state index contributed by atoms with van der Waals surface area (Å²) < 4.78 is 0. The quantitative estimate of drug-likeness (QED) is 0.561. The Hall–Kier alpha value is 1.38. The van der Waals surface area contributed by atoms with Gasteiger partial charge in [-0.2, -0.15) is 19.6 Å². The van der Waals surface area contributed by atoms with Crippen LogP contribution < -0.4 is 17.0 Å². The average molecular weight is 294 g/mol. The normalized spacial score (nSPS) is 9.00. The maximum atomic E-state index is 2.27. The van der Waals surface area contributed by atoms with E-state index in [0.717, 1.165) is 13.1 Å². The zero-order chi connectivity index (χ0) is 10.1. The van der Waals surface area contributed by atoms with Crippen molar-refractivity contribution < 1.29 is 17.0 Å². The molecule has 0 aliphatic heterocycles. The van der Waals surface area contributed by atoms with Gasteiger partial charge in [-0.1, -0.05) is 0 Å². The molecular weight excluding hydrogens is 268 g/mol. The van der Waals surface area contributed by atoms with E-state index >= 15 is 0 Å². The second-order valence-corrected chi connectivity index (χ2v) is 7.11. The van der Waals surface area contributed by atoms with Crippen molar-refractivity contribution in [3.8, 4) is 0 Å². The molecule has 0 bridgehead atoms. The minimum absolute atomic E-state index is 0. The SMILES string of the molecule is CN(C)CCN(C)C.C[Si-](C)C.[Br-].[Mg+2]. The Labute approximate surface area is 119 Å². The fourth-order valence-electron chi connectivity index (χ4n) is 0.400. The first-order valence-electron chi connectivity index (χ1n) is 4.42. The van der Waals surface area contributed by atoms with E-state index in [2.05, 4.69) is 57.6 Å². The summed E-state index contributed by atoms with van der Waals surface area (Å²) in [4.78, 5) is 4.36. The van der Waals surface area contributed by atoms with E-state index in [4.69, 9.17) is 0 Å². The summed E-state index contributed by atoms with van der Waals surface area (Å²) in [6.45, 7) is 9.10. The Bertz CT molecular complexity index is 82.1. The van der Waals surface area contributed by atoms with E-state index in [9.17, 15) is 0 Å². The molecule has 84 valence electrons. The minimum atomic E-state index is 0. The largest absolute Gasteiger partial charge is 2.00 e. The summed E-state index contributed by atoms with van der Waals surface area (Å²) in [7, 11) is 8.47. The summed E-state index contributed by atoms with van der Waals surface area (Å²) in [6.07, 6.45) is 0. The van der Waals surface area contributed by atoms with Crippen LogP contribution in [-0.4, -0.2) is 82.9 Å². The number of nitrogens with zero attached hydrogens (tertiary/aromatic N) is 2. The van der Waals surface area contributed by atoms with Crippen LogP contribution in [0.1, 0.15) is 0 Å². The summed E-state index contributed by atoms with van der Waals surface area (Å²) in [5.74, 6) is 0. The van der Waals surface area contributed by atoms with Gasteiger partial charge in [0.2, 0.25) is 0 Å². The summed E-state index contributed by atoms with van der Waals surface area (Å²) in [6, 6.07) is 0. The monoisotopic (exact) mass is 292 g/mol. The third-order valence-corrected chi connectivity index (χ3v) is 0.994. The Morgan fingerprint density at radius 1 is 0.786 bits per heavy atom. The number of halogens is 1. The Morgan fingerprint density at radius 3 is 1.00 bits per heavy atom. The van der Waals surface area contributed by atoms with Gasteiger partial charge in [0.15, 0.2) is 0 Å². The van der Waals surface area contributed by atoms with E-state index in [1.54, 1.807) is 0 Å². The number of likely N-dealkylation sites (N-methyl/N-ethyl adjacent to an activating group) is 2. The van der Waals surface area contributed by atoms with Crippen molar-refractivity contribution in [3.63, 3.8) is 0 Å². The van der Waals surface area contributed by atoms with Crippen LogP contribution in [0.5, 0.6) is 0 Å². The summed E-state index contributed by atoms with van der Waals surface area (Å²) >= 11 is 0. The molecule has 2 nitrogen and oxygen atoms in total. The zero-order valence-electron chi connectivity index (χ0n) is 10.9. The first-order valence-corrected chi connectivity index (χ1v) is 7.42. The van der Waals surface area contributed by atoms with Gasteiger partial charge in [0.25, 0.3) is 0 Å². The van der Waals surface area contributed by atoms with E-state index in [-0.39, 0.29) is 48.8 Å². The number of hydrogen-bond acceptors (Lipinski definition) is 2. The van der Waals surface area contributed by atoms with E-state index < -0.39 is 0 Å². The molecule has 0 unspecified atom stereocenters. The van der Waals surface area contributed by atoms with Crippen LogP contribution in [0.3, 0.4) is 0 Å². The fourth-order valence-corrected chi connectivity index (χ4v) is 0.400. The molecular formula is C9H25BrMgN2Si. The van der Waals surface area contributed by atoms with Crippen LogP contribution in [0.15, 0.2) is 0 Å². The predicted molar refractivity (Wildman–Crippen MR) is 66.2 cm³/mol. The second-order valence-electron chi connectivity index (χ2n) is 4.11. The molecule has 0 aliphatic rings. The molecule has 0 aromatic carbocycles. The first-order chi connectivity index (χ1) is 5.36. The molecule has 0 N–H and O–H groups in total. The third-order valence-electron chi connectivity index (χ3n) is 0.994. The zero-order valence-corrected chi connectivity index (χ0v) is 14.9. The van der Waals surface area contributed by atoms with Crippen molar-refractivity contribution in [2.75, 3.05) is 41.3 Å². The van der Waals surface area contributed by atoms with E-state index in [1.807, 2.05) is 0 Å². The molecule has 0 radical (unpaired) electrons. The molecule has 0 fully saturated rings. The van der Waals surface area contributed by atoms with Crippen LogP contribution in [-0.2, 0) is 0 Å². The second kappa shape index (κ2) is 16.8. The maximum Gasteiger partial charge on any atom is 2.00 e. The van der Waals surface area contributed by atoms with Gasteiger partial charge in [-0.05, 0) is 28.2 Å². The van der Waals surface area contributed by atoms with Crippen molar-refractivity contribution in [1.82, 2.24) is 9.80 Å². The van der Waals surface area contributed by atoms with Crippen molar-refractivity contribution in [3.05, 3.63) is 0 Å². The maximum absolute atomic E-state index is 2.27. The third kappa shape index (κ3) is 50.4. The molecule has 5 heteroatoms. The molecule has 0 spiro atoms. The van der Waals surface area contributed by atoms with Crippen LogP contribution >= 0.6 is 0 Å². The van der Waals surface area contributed by atoms with Gasteiger partial charge in [0.1, 0.15) is 0 Å². The Balaban J connectivity index is -0.0000000733. The first kappa shape index (κ1) is 24.6. The molecule has 0 aromatic rings. The Kier molecular flexibility index (Phi) is 29.5. The van der Waals surface area contributed by atoms with Gasteiger partial charge in [0, 0.05) is 13.1 Å².